The summed E-state index contributed by atoms with van der Waals surface area (Å²) in [6.07, 6.45) is 1.94. The van der Waals surface area contributed by atoms with Crippen molar-refractivity contribution in [1.82, 2.24) is 0 Å². The summed E-state index contributed by atoms with van der Waals surface area (Å²) in [6, 6.07) is 6.04. The fourth-order valence-corrected chi connectivity index (χ4v) is 1.64. The van der Waals surface area contributed by atoms with E-state index in [4.69, 9.17) is 15.2 Å². The third-order valence-electron chi connectivity index (χ3n) is 2.64. The van der Waals surface area contributed by atoms with Crippen LogP contribution < -0.4 is 15.2 Å². The molecule has 3 heteroatoms. The van der Waals surface area contributed by atoms with Gasteiger partial charge < -0.3 is 15.2 Å². The Morgan fingerprint density at radius 3 is 2.53 bits per heavy atom. The molecular formula is C14H23NO2. The van der Waals surface area contributed by atoms with Gasteiger partial charge >= 0.3 is 0 Å². The van der Waals surface area contributed by atoms with Crippen LogP contribution in [0.25, 0.3) is 0 Å². The molecule has 96 valence electrons. The zero-order valence-electron chi connectivity index (χ0n) is 11.2. The van der Waals surface area contributed by atoms with Crippen molar-refractivity contribution in [1.29, 1.82) is 0 Å². The van der Waals surface area contributed by atoms with Crippen molar-refractivity contribution in [2.45, 2.75) is 45.8 Å². The van der Waals surface area contributed by atoms with Gasteiger partial charge in [0, 0.05) is 6.04 Å². The first kappa shape index (κ1) is 13.8. The molecule has 1 atom stereocenters. The van der Waals surface area contributed by atoms with Crippen molar-refractivity contribution in [2.24, 2.45) is 5.73 Å². The average molecular weight is 237 g/mol. The van der Waals surface area contributed by atoms with E-state index in [1.165, 1.54) is 0 Å². The van der Waals surface area contributed by atoms with Crippen LogP contribution in [0, 0.1) is 0 Å². The summed E-state index contributed by atoms with van der Waals surface area (Å²) in [5.74, 6) is 1.75. The van der Waals surface area contributed by atoms with Crippen molar-refractivity contribution in [3.8, 4) is 11.5 Å². The molecule has 1 unspecified atom stereocenters. The third kappa shape index (κ3) is 4.27. The average Bonchev–Trinajstić information content (AvgIpc) is 2.30. The van der Waals surface area contributed by atoms with Crippen LogP contribution in [0.2, 0.25) is 0 Å². The smallest absolute Gasteiger partial charge is 0.123 e. The van der Waals surface area contributed by atoms with Gasteiger partial charge in [-0.15, -0.1) is 0 Å². The maximum atomic E-state index is 6.00. The fraction of sp³-hybridized carbons (Fsp3) is 0.571. The first-order chi connectivity index (χ1) is 8.06. The number of methoxy groups -OCH3 is 1. The summed E-state index contributed by atoms with van der Waals surface area (Å²) in [5.41, 5.74) is 7.12. The minimum atomic E-state index is 0.164. The van der Waals surface area contributed by atoms with Crippen molar-refractivity contribution in [3.05, 3.63) is 23.8 Å². The summed E-state index contributed by atoms with van der Waals surface area (Å²) in [5, 5.41) is 0. The van der Waals surface area contributed by atoms with E-state index in [9.17, 15) is 0 Å². The molecule has 0 aliphatic carbocycles. The van der Waals surface area contributed by atoms with Gasteiger partial charge in [0.1, 0.15) is 11.5 Å². The van der Waals surface area contributed by atoms with Crippen LogP contribution in [0.15, 0.2) is 18.2 Å². The standard InChI is InChI=1S/C14H23NO2/c1-5-12(15)8-11-9-13(16-4)6-7-14(11)17-10(2)3/h6-7,9-10,12H,5,8,15H2,1-4H3. The number of benzene rings is 1. The summed E-state index contributed by atoms with van der Waals surface area (Å²) >= 11 is 0. The van der Waals surface area contributed by atoms with Crippen molar-refractivity contribution in [2.75, 3.05) is 7.11 Å². The number of hydrogen-bond acceptors (Lipinski definition) is 3. The fourth-order valence-electron chi connectivity index (χ4n) is 1.64. The summed E-state index contributed by atoms with van der Waals surface area (Å²) in [4.78, 5) is 0. The molecule has 3 nitrogen and oxygen atoms in total. The molecular weight excluding hydrogens is 214 g/mol. The molecule has 0 aliphatic rings. The molecule has 1 aromatic carbocycles. The Morgan fingerprint density at radius 2 is 2.00 bits per heavy atom. The second-order valence-electron chi connectivity index (χ2n) is 4.51. The topological polar surface area (TPSA) is 44.5 Å². The molecule has 0 spiro atoms. The van der Waals surface area contributed by atoms with Gasteiger partial charge in [-0.2, -0.15) is 0 Å². The molecule has 0 bridgehead atoms. The van der Waals surface area contributed by atoms with Gasteiger partial charge in [0.05, 0.1) is 13.2 Å². The summed E-state index contributed by atoms with van der Waals surface area (Å²) in [7, 11) is 1.67. The van der Waals surface area contributed by atoms with Gasteiger partial charge in [0.25, 0.3) is 0 Å². The molecule has 1 aromatic rings. The van der Waals surface area contributed by atoms with Crippen LogP contribution >= 0.6 is 0 Å². The van der Waals surface area contributed by atoms with Gasteiger partial charge in [-0.25, -0.2) is 0 Å². The van der Waals surface area contributed by atoms with Gasteiger partial charge in [-0.05, 0) is 50.5 Å². The number of hydrogen-bond donors (Lipinski definition) is 1. The highest BCUT2D eigenvalue weighted by Crippen LogP contribution is 2.26. The third-order valence-corrected chi connectivity index (χ3v) is 2.64. The molecule has 0 fully saturated rings. The maximum Gasteiger partial charge on any atom is 0.123 e. The Labute approximate surface area is 104 Å². The highest BCUT2D eigenvalue weighted by atomic mass is 16.5. The molecule has 0 radical (unpaired) electrons. The van der Waals surface area contributed by atoms with Crippen LogP contribution in [0.4, 0.5) is 0 Å². The Balaban J connectivity index is 2.94. The highest BCUT2D eigenvalue weighted by molar-refractivity contribution is 5.41. The lowest BCUT2D eigenvalue weighted by Crippen LogP contribution is -2.22. The predicted octanol–water partition coefficient (Wildman–Crippen LogP) is 2.76. The van der Waals surface area contributed by atoms with Crippen molar-refractivity contribution >= 4 is 0 Å². The molecule has 2 N–H and O–H groups in total. The second kappa shape index (κ2) is 6.50. The van der Waals surface area contributed by atoms with Crippen LogP contribution in [0.1, 0.15) is 32.8 Å². The minimum absolute atomic E-state index is 0.164. The normalized spacial score (nSPS) is 12.6. The molecule has 0 saturated heterocycles. The van der Waals surface area contributed by atoms with E-state index in [1.54, 1.807) is 7.11 Å². The van der Waals surface area contributed by atoms with E-state index in [0.717, 1.165) is 29.9 Å². The van der Waals surface area contributed by atoms with E-state index in [2.05, 4.69) is 6.92 Å². The van der Waals surface area contributed by atoms with Crippen LogP contribution in [0.5, 0.6) is 11.5 Å². The van der Waals surface area contributed by atoms with Crippen LogP contribution in [-0.4, -0.2) is 19.3 Å². The molecule has 0 aliphatic heterocycles. The second-order valence-corrected chi connectivity index (χ2v) is 4.51. The molecule has 0 aromatic heterocycles. The molecule has 0 saturated carbocycles. The summed E-state index contributed by atoms with van der Waals surface area (Å²) in [6.45, 7) is 6.13. The van der Waals surface area contributed by atoms with Gasteiger partial charge in [0.2, 0.25) is 0 Å². The zero-order valence-corrected chi connectivity index (χ0v) is 11.2. The quantitative estimate of drug-likeness (QED) is 0.827. The Hall–Kier alpha value is -1.22. The predicted molar refractivity (Wildman–Crippen MR) is 70.7 cm³/mol. The first-order valence-corrected chi connectivity index (χ1v) is 6.16. The van der Waals surface area contributed by atoms with E-state index in [-0.39, 0.29) is 12.1 Å². The SMILES string of the molecule is CCC(N)Cc1cc(OC)ccc1OC(C)C. The lowest BCUT2D eigenvalue weighted by Gasteiger charge is -2.17. The monoisotopic (exact) mass is 237 g/mol. The molecule has 17 heavy (non-hydrogen) atoms. The Kier molecular flexibility index (Phi) is 5.29. The maximum absolute atomic E-state index is 6.00. The van der Waals surface area contributed by atoms with Crippen molar-refractivity contribution in [3.63, 3.8) is 0 Å². The molecule has 1 rings (SSSR count). The summed E-state index contributed by atoms with van der Waals surface area (Å²) < 4.78 is 11.0. The van der Waals surface area contributed by atoms with Crippen LogP contribution in [0.3, 0.4) is 0 Å². The Bertz CT molecular complexity index is 350. The van der Waals surface area contributed by atoms with Gasteiger partial charge in [-0.3, -0.25) is 0 Å². The Morgan fingerprint density at radius 1 is 1.29 bits per heavy atom. The number of ether oxygens (including phenoxy) is 2. The lowest BCUT2D eigenvalue weighted by atomic mass is 10.0. The number of nitrogens with two attached hydrogens (primary N) is 1. The van der Waals surface area contributed by atoms with E-state index in [1.807, 2.05) is 32.0 Å². The van der Waals surface area contributed by atoms with Gasteiger partial charge in [0.15, 0.2) is 0 Å². The largest absolute Gasteiger partial charge is 0.497 e. The first-order valence-electron chi connectivity index (χ1n) is 6.16. The number of rotatable bonds is 6. The van der Waals surface area contributed by atoms with E-state index < -0.39 is 0 Å². The highest BCUT2D eigenvalue weighted by Gasteiger charge is 2.10. The molecule has 0 heterocycles. The van der Waals surface area contributed by atoms with E-state index in [0.29, 0.717) is 0 Å². The molecule has 0 amide bonds. The van der Waals surface area contributed by atoms with E-state index >= 15 is 0 Å². The zero-order chi connectivity index (χ0) is 12.8. The van der Waals surface area contributed by atoms with Gasteiger partial charge in [-0.1, -0.05) is 6.92 Å². The lowest BCUT2D eigenvalue weighted by molar-refractivity contribution is 0.239. The van der Waals surface area contributed by atoms with Crippen LogP contribution in [-0.2, 0) is 6.42 Å². The minimum Gasteiger partial charge on any atom is -0.497 e. The van der Waals surface area contributed by atoms with Crippen molar-refractivity contribution < 1.29 is 9.47 Å².